The number of hydrogen-bond donors (Lipinski definition) is 0. The molecule has 1 fully saturated rings. The molecule has 3 heteroatoms. The van der Waals surface area contributed by atoms with Gasteiger partial charge in [0.25, 0.3) is 0 Å². The summed E-state index contributed by atoms with van der Waals surface area (Å²) >= 11 is 6.21. The van der Waals surface area contributed by atoms with Gasteiger partial charge < -0.3 is 4.74 Å². The number of allylic oxidation sites excluding steroid dienone is 4. The molecule has 0 aromatic heterocycles. The van der Waals surface area contributed by atoms with Crippen LogP contribution in [0.1, 0.15) is 70.8 Å². The molecule has 2 aliphatic carbocycles. The molecule has 0 radical (unpaired) electrons. The number of benzene rings is 1. The normalized spacial score (nSPS) is 26.2. The lowest BCUT2D eigenvalue weighted by atomic mass is 9.71. The van der Waals surface area contributed by atoms with Gasteiger partial charge in [0.05, 0.1) is 6.61 Å². The lowest BCUT2D eigenvalue weighted by Crippen LogP contribution is -2.22. The van der Waals surface area contributed by atoms with Crippen LogP contribution < -0.4 is 4.74 Å². The van der Waals surface area contributed by atoms with Gasteiger partial charge in [-0.15, -0.1) is 0 Å². The van der Waals surface area contributed by atoms with Gasteiger partial charge in [0, 0.05) is 5.56 Å². The van der Waals surface area contributed by atoms with Gasteiger partial charge in [-0.2, -0.15) is 0 Å². The maximum Gasteiger partial charge on any atom is 0.153 e. The van der Waals surface area contributed by atoms with Gasteiger partial charge in [-0.25, -0.2) is 4.39 Å². The molecule has 0 N–H and O–H groups in total. The van der Waals surface area contributed by atoms with Crippen molar-refractivity contribution in [1.29, 1.82) is 0 Å². The van der Waals surface area contributed by atoms with Gasteiger partial charge in [-0.05, 0) is 93.7 Å². The Balaban J connectivity index is 1.63. The fraction of sp³-hybridized carbons (Fsp3) is 0.583. The molecule has 0 saturated heterocycles. The number of rotatable bonds is 6. The maximum absolute atomic E-state index is 14.8. The summed E-state index contributed by atoms with van der Waals surface area (Å²) in [4.78, 5) is 0. The lowest BCUT2D eigenvalue weighted by molar-refractivity contribution is 0.212. The van der Waals surface area contributed by atoms with Crippen molar-refractivity contribution in [3.63, 3.8) is 0 Å². The Kier molecular flexibility index (Phi) is 7.41. The molecule has 1 aromatic rings. The standard InChI is InChI=1S/C24H32ClFO/c1-3-5-17-6-8-18(9-7-17)19-10-12-20(13-11-19)21-14-15-22(27-16-4-2)23(25)24(21)26/h3,5,12,14-15,17-19H,4,6-11,13,16H2,1-2H3. The van der Waals surface area contributed by atoms with Crippen molar-refractivity contribution in [2.45, 2.75) is 65.2 Å². The van der Waals surface area contributed by atoms with E-state index in [0.717, 1.165) is 49.0 Å². The number of hydrogen-bond acceptors (Lipinski definition) is 1. The number of ether oxygens (including phenoxy) is 1. The molecule has 1 unspecified atom stereocenters. The van der Waals surface area contributed by atoms with E-state index in [9.17, 15) is 4.39 Å². The largest absolute Gasteiger partial charge is 0.492 e. The molecular formula is C24H32ClFO. The first-order valence-electron chi connectivity index (χ1n) is 10.6. The van der Waals surface area contributed by atoms with Crippen LogP contribution in [0.15, 0.2) is 30.4 Å². The van der Waals surface area contributed by atoms with Crippen molar-refractivity contribution in [3.05, 3.63) is 46.8 Å². The molecular weight excluding hydrogens is 359 g/mol. The van der Waals surface area contributed by atoms with Crippen LogP contribution in [0.4, 0.5) is 4.39 Å². The van der Waals surface area contributed by atoms with Crippen LogP contribution in [0.3, 0.4) is 0 Å². The van der Waals surface area contributed by atoms with E-state index < -0.39 is 0 Å². The summed E-state index contributed by atoms with van der Waals surface area (Å²) in [5.74, 6) is 2.49. The van der Waals surface area contributed by atoms with Crippen molar-refractivity contribution >= 4 is 17.2 Å². The van der Waals surface area contributed by atoms with E-state index >= 15 is 0 Å². The summed E-state index contributed by atoms with van der Waals surface area (Å²) in [6.45, 7) is 4.70. The highest BCUT2D eigenvalue weighted by molar-refractivity contribution is 6.32. The molecule has 1 saturated carbocycles. The fourth-order valence-corrected chi connectivity index (χ4v) is 4.93. The zero-order valence-electron chi connectivity index (χ0n) is 16.6. The zero-order valence-corrected chi connectivity index (χ0v) is 17.4. The second-order valence-corrected chi connectivity index (χ2v) is 8.43. The Morgan fingerprint density at radius 1 is 1.15 bits per heavy atom. The minimum absolute atomic E-state index is 0.117. The summed E-state index contributed by atoms with van der Waals surface area (Å²) in [6, 6.07) is 3.65. The smallest absolute Gasteiger partial charge is 0.153 e. The Labute approximate surface area is 168 Å². The second kappa shape index (κ2) is 9.78. The Morgan fingerprint density at radius 3 is 2.56 bits per heavy atom. The van der Waals surface area contributed by atoms with E-state index in [0.29, 0.717) is 17.9 Å². The summed E-state index contributed by atoms with van der Waals surface area (Å²) in [7, 11) is 0. The Morgan fingerprint density at radius 2 is 1.93 bits per heavy atom. The van der Waals surface area contributed by atoms with Crippen molar-refractivity contribution in [2.24, 2.45) is 17.8 Å². The number of halogens is 2. The third-order valence-electron chi connectivity index (χ3n) is 6.25. The van der Waals surface area contributed by atoms with E-state index in [1.165, 1.54) is 25.7 Å². The fourth-order valence-electron chi connectivity index (χ4n) is 4.71. The van der Waals surface area contributed by atoms with Crippen molar-refractivity contribution < 1.29 is 9.13 Å². The van der Waals surface area contributed by atoms with Crippen molar-refractivity contribution in [2.75, 3.05) is 6.61 Å². The summed E-state index contributed by atoms with van der Waals surface area (Å²) in [5.41, 5.74) is 1.76. The second-order valence-electron chi connectivity index (χ2n) is 8.05. The van der Waals surface area contributed by atoms with Gasteiger partial charge in [-0.1, -0.05) is 36.8 Å². The quantitative estimate of drug-likeness (QED) is 0.449. The molecule has 1 atom stereocenters. The Hall–Kier alpha value is -1.28. The van der Waals surface area contributed by atoms with Crippen LogP contribution in [-0.2, 0) is 0 Å². The molecule has 27 heavy (non-hydrogen) atoms. The molecule has 3 rings (SSSR count). The van der Waals surface area contributed by atoms with E-state index in [4.69, 9.17) is 16.3 Å². The van der Waals surface area contributed by atoms with Crippen molar-refractivity contribution in [1.82, 2.24) is 0 Å². The van der Waals surface area contributed by atoms with Gasteiger partial charge >= 0.3 is 0 Å². The van der Waals surface area contributed by atoms with Gasteiger partial charge in [0.2, 0.25) is 0 Å². The van der Waals surface area contributed by atoms with Gasteiger partial charge in [0.1, 0.15) is 10.8 Å². The average Bonchev–Trinajstić information content (AvgIpc) is 2.70. The minimum Gasteiger partial charge on any atom is -0.492 e. The van der Waals surface area contributed by atoms with Crippen LogP contribution in [-0.4, -0.2) is 6.61 Å². The van der Waals surface area contributed by atoms with E-state index in [1.54, 1.807) is 0 Å². The van der Waals surface area contributed by atoms with Crippen LogP contribution in [0.25, 0.3) is 5.57 Å². The molecule has 2 aliphatic rings. The molecule has 0 amide bonds. The van der Waals surface area contributed by atoms with E-state index in [2.05, 4.69) is 25.2 Å². The van der Waals surface area contributed by atoms with Crippen LogP contribution in [0.5, 0.6) is 5.75 Å². The third-order valence-corrected chi connectivity index (χ3v) is 6.61. The third kappa shape index (κ3) is 4.96. The van der Waals surface area contributed by atoms with Crippen LogP contribution >= 0.6 is 11.6 Å². The van der Waals surface area contributed by atoms with E-state index in [1.807, 2.05) is 19.1 Å². The predicted octanol–water partition coefficient (Wildman–Crippen LogP) is 7.83. The zero-order chi connectivity index (χ0) is 19.2. The highest BCUT2D eigenvalue weighted by Gasteiger charge is 2.28. The molecule has 148 valence electrons. The average molecular weight is 391 g/mol. The van der Waals surface area contributed by atoms with Crippen LogP contribution in [0.2, 0.25) is 5.02 Å². The minimum atomic E-state index is -0.332. The predicted molar refractivity (Wildman–Crippen MR) is 113 cm³/mol. The van der Waals surface area contributed by atoms with Crippen LogP contribution in [0, 0.1) is 23.6 Å². The summed E-state index contributed by atoms with van der Waals surface area (Å²) in [5, 5.41) is 0.117. The molecule has 1 nitrogen and oxygen atoms in total. The topological polar surface area (TPSA) is 9.23 Å². The maximum atomic E-state index is 14.8. The molecule has 0 spiro atoms. The molecule has 0 heterocycles. The summed E-state index contributed by atoms with van der Waals surface area (Å²) < 4.78 is 20.3. The lowest BCUT2D eigenvalue weighted by Gasteiger charge is -2.35. The molecule has 1 aromatic carbocycles. The SMILES string of the molecule is CC=CC1CCC(C2CC=C(c3ccc(OCCC)c(Cl)c3F)CC2)CC1. The first-order valence-corrected chi connectivity index (χ1v) is 10.9. The first-order chi connectivity index (χ1) is 13.1. The first kappa shape index (κ1) is 20.5. The van der Waals surface area contributed by atoms with Gasteiger partial charge in [-0.3, -0.25) is 0 Å². The highest BCUT2D eigenvalue weighted by atomic mass is 35.5. The van der Waals surface area contributed by atoms with E-state index in [-0.39, 0.29) is 10.8 Å². The van der Waals surface area contributed by atoms with Crippen molar-refractivity contribution in [3.8, 4) is 5.75 Å². The monoisotopic (exact) mass is 390 g/mol. The highest BCUT2D eigenvalue weighted by Crippen LogP contribution is 2.43. The Bertz CT molecular complexity index is 686. The van der Waals surface area contributed by atoms with Gasteiger partial charge in [0.15, 0.2) is 5.82 Å². The molecule has 0 bridgehead atoms. The molecule has 0 aliphatic heterocycles. The summed E-state index contributed by atoms with van der Waals surface area (Å²) in [6.07, 6.45) is 16.2.